The summed E-state index contributed by atoms with van der Waals surface area (Å²) in [6.07, 6.45) is 0. The Balaban J connectivity index is 1.85. The van der Waals surface area contributed by atoms with Gasteiger partial charge in [-0.15, -0.1) is 11.3 Å². The monoisotopic (exact) mass is 343 g/mol. The molecule has 0 radical (unpaired) electrons. The highest BCUT2D eigenvalue weighted by atomic mass is 35.5. The molecule has 0 fully saturated rings. The molecule has 2 aromatic carbocycles. The predicted molar refractivity (Wildman–Crippen MR) is 98.6 cm³/mol. The van der Waals surface area contributed by atoms with E-state index >= 15 is 0 Å². The summed E-state index contributed by atoms with van der Waals surface area (Å²) in [5.74, 6) is -0.123. The van der Waals surface area contributed by atoms with Crippen molar-refractivity contribution in [3.05, 3.63) is 69.1 Å². The highest BCUT2D eigenvalue weighted by Crippen LogP contribution is 2.36. The second-order valence-electron chi connectivity index (χ2n) is 5.85. The van der Waals surface area contributed by atoms with E-state index < -0.39 is 0 Å². The molecule has 3 aromatic rings. The summed E-state index contributed by atoms with van der Waals surface area (Å²) in [6, 6.07) is 14.2. The first-order valence-electron chi connectivity index (χ1n) is 7.52. The first kappa shape index (κ1) is 16.0. The van der Waals surface area contributed by atoms with Crippen LogP contribution in [0.5, 0.6) is 0 Å². The van der Waals surface area contributed by atoms with Crippen molar-refractivity contribution in [3.63, 3.8) is 0 Å². The number of carbonyl (C=O) groups is 1. The smallest absolute Gasteiger partial charge is 0.263 e. The highest BCUT2D eigenvalue weighted by Gasteiger charge is 2.19. The zero-order valence-corrected chi connectivity index (χ0v) is 14.9. The lowest BCUT2D eigenvalue weighted by molar-refractivity contribution is 0.0944. The van der Waals surface area contributed by atoms with E-state index in [4.69, 9.17) is 11.6 Å². The third kappa shape index (κ3) is 3.26. The number of benzene rings is 2. The van der Waals surface area contributed by atoms with Crippen molar-refractivity contribution in [2.24, 2.45) is 0 Å². The van der Waals surface area contributed by atoms with E-state index in [2.05, 4.69) is 11.4 Å². The van der Waals surface area contributed by atoms with E-state index in [0.29, 0.717) is 9.90 Å². The number of halogens is 1. The zero-order valence-electron chi connectivity index (χ0n) is 13.3. The Bertz CT molecular complexity index is 867. The number of aryl methyl sites for hydroxylation is 2. The molecule has 1 heterocycles. The first-order chi connectivity index (χ1) is 11.0. The maximum atomic E-state index is 12.6. The number of amides is 1. The van der Waals surface area contributed by atoms with Gasteiger partial charge in [0.2, 0.25) is 0 Å². The molecule has 0 spiro atoms. The Labute approximate surface area is 145 Å². The number of hydrogen-bond acceptors (Lipinski definition) is 2. The number of thiophene rings is 1. The topological polar surface area (TPSA) is 29.1 Å². The van der Waals surface area contributed by atoms with Gasteiger partial charge in [0.25, 0.3) is 5.91 Å². The van der Waals surface area contributed by atoms with Crippen LogP contribution in [0.2, 0.25) is 5.02 Å². The first-order valence-corrected chi connectivity index (χ1v) is 8.71. The summed E-state index contributed by atoms with van der Waals surface area (Å²) < 4.78 is 1.04. The van der Waals surface area contributed by atoms with Gasteiger partial charge in [-0.3, -0.25) is 4.79 Å². The van der Waals surface area contributed by atoms with Crippen LogP contribution in [0.3, 0.4) is 0 Å². The van der Waals surface area contributed by atoms with Gasteiger partial charge in [0.15, 0.2) is 0 Å². The molecule has 1 amide bonds. The molecule has 0 aliphatic carbocycles. The molecule has 0 saturated heterocycles. The maximum absolute atomic E-state index is 12.6. The fourth-order valence-electron chi connectivity index (χ4n) is 2.52. The average molecular weight is 344 g/mol. The van der Waals surface area contributed by atoms with Gasteiger partial charge in [-0.05, 0) is 38.0 Å². The largest absolute Gasteiger partial charge is 0.345 e. The van der Waals surface area contributed by atoms with Gasteiger partial charge in [-0.1, -0.05) is 53.6 Å². The molecule has 0 bridgehead atoms. The van der Waals surface area contributed by atoms with Crippen LogP contribution >= 0.6 is 22.9 Å². The summed E-state index contributed by atoms with van der Waals surface area (Å²) in [4.78, 5) is 13.2. The van der Waals surface area contributed by atoms with Gasteiger partial charge in [-0.2, -0.15) is 0 Å². The lowest BCUT2D eigenvalue weighted by atomic mass is 10.1. The lowest BCUT2D eigenvalue weighted by Crippen LogP contribution is -2.26. The minimum atomic E-state index is -0.123. The Hall–Kier alpha value is -1.84. The van der Waals surface area contributed by atoms with Crippen molar-refractivity contribution < 1.29 is 4.79 Å². The summed E-state index contributed by atoms with van der Waals surface area (Å²) in [6.45, 7) is 6.06. The molecular weight excluding hydrogens is 326 g/mol. The molecule has 0 aliphatic heterocycles. The standard InChI is InChI=1S/C19H18ClNOS/c1-11-4-7-14(8-5-11)13(3)21-19(22)18-17(20)15-9-6-12(2)10-16(15)23-18/h4-10,13H,1-3H3,(H,21,22)/t13-/m0/s1. The molecule has 0 aliphatic rings. The molecule has 23 heavy (non-hydrogen) atoms. The van der Waals surface area contributed by atoms with Gasteiger partial charge < -0.3 is 5.32 Å². The minimum Gasteiger partial charge on any atom is -0.345 e. The van der Waals surface area contributed by atoms with Gasteiger partial charge >= 0.3 is 0 Å². The van der Waals surface area contributed by atoms with E-state index in [1.165, 1.54) is 16.9 Å². The van der Waals surface area contributed by atoms with Gasteiger partial charge in [0, 0.05) is 10.1 Å². The highest BCUT2D eigenvalue weighted by molar-refractivity contribution is 7.21. The van der Waals surface area contributed by atoms with Crippen LogP contribution in [0.25, 0.3) is 10.1 Å². The molecule has 3 rings (SSSR count). The number of fused-ring (bicyclic) bond motifs is 1. The van der Waals surface area contributed by atoms with Crippen LogP contribution in [-0.2, 0) is 0 Å². The van der Waals surface area contributed by atoms with Gasteiger partial charge in [0.05, 0.1) is 11.1 Å². The molecule has 0 saturated carbocycles. The molecule has 1 atom stereocenters. The van der Waals surface area contributed by atoms with E-state index in [-0.39, 0.29) is 11.9 Å². The van der Waals surface area contributed by atoms with Crippen LogP contribution in [0.1, 0.15) is 39.3 Å². The SMILES string of the molecule is Cc1ccc([C@H](C)NC(=O)c2sc3cc(C)ccc3c2Cl)cc1. The van der Waals surface area contributed by atoms with Gasteiger partial charge in [0.1, 0.15) is 4.88 Å². The Morgan fingerprint density at radius 1 is 1.09 bits per heavy atom. The third-order valence-electron chi connectivity index (χ3n) is 3.92. The Morgan fingerprint density at radius 3 is 2.43 bits per heavy atom. The van der Waals surface area contributed by atoms with E-state index in [0.717, 1.165) is 21.2 Å². The fourth-order valence-corrected chi connectivity index (χ4v) is 4.04. The van der Waals surface area contributed by atoms with Crippen molar-refractivity contribution in [1.82, 2.24) is 5.32 Å². The average Bonchev–Trinajstić information content (AvgIpc) is 2.84. The minimum absolute atomic E-state index is 0.0638. The fraction of sp³-hybridized carbons (Fsp3) is 0.211. The van der Waals surface area contributed by atoms with Crippen molar-refractivity contribution in [2.45, 2.75) is 26.8 Å². The molecular formula is C19H18ClNOS. The van der Waals surface area contributed by atoms with Crippen molar-refractivity contribution in [1.29, 1.82) is 0 Å². The Morgan fingerprint density at radius 2 is 1.74 bits per heavy atom. The van der Waals surface area contributed by atoms with E-state index in [1.807, 2.05) is 57.2 Å². The zero-order chi connectivity index (χ0) is 16.6. The van der Waals surface area contributed by atoms with Crippen LogP contribution in [0.15, 0.2) is 42.5 Å². The van der Waals surface area contributed by atoms with E-state index in [9.17, 15) is 4.79 Å². The van der Waals surface area contributed by atoms with Crippen LogP contribution in [0, 0.1) is 13.8 Å². The number of nitrogens with one attached hydrogen (secondary N) is 1. The maximum Gasteiger partial charge on any atom is 0.263 e. The molecule has 1 aromatic heterocycles. The molecule has 2 nitrogen and oxygen atoms in total. The molecule has 4 heteroatoms. The summed E-state index contributed by atoms with van der Waals surface area (Å²) in [5.41, 5.74) is 3.45. The second-order valence-corrected chi connectivity index (χ2v) is 7.28. The molecule has 118 valence electrons. The molecule has 0 unspecified atom stereocenters. The summed E-state index contributed by atoms with van der Waals surface area (Å²) in [7, 11) is 0. The third-order valence-corrected chi connectivity index (χ3v) is 5.57. The predicted octanol–water partition coefficient (Wildman–Crippen LogP) is 5.66. The quantitative estimate of drug-likeness (QED) is 0.653. The molecule has 1 N–H and O–H groups in total. The van der Waals surface area contributed by atoms with Crippen LogP contribution in [-0.4, -0.2) is 5.91 Å². The second kappa shape index (κ2) is 6.34. The normalized spacial score (nSPS) is 12.3. The van der Waals surface area contributed by atoms with E-state index in [1.54, 1.807) is 0 Å². The van der Waals surface area contributed by atoms with Crippen molar-refractivity contribution in [3.8, 4) is 0 Å². The number of hydrogen-bond donors (Lipinski definition) is 1. The Kier molecular flexibility index (Phi) is 4.42. The number of carbonyl (C=O) groups excluding carboxylic acids is 1. The lowest BCUT2D eigenvalue weighted by Gasteiger charge is -2.14. The van der Waals surface area contributed by atoms with Crippen molar-refractivity contribution in [2.75, 3.05) is 0 Å². The summed E-state index contributed by atoms with van der Waals surface area (Å²) in [5, 5.41) is 4.52. The van der Waals surface area contributed by atoms with Gasteiger partial charge in [-0.25, -0.2) is 0 Å². The van der Waals surface area contributed by atoms with Crippen molar-refractivity contribution >= 4 is 38.9 Å². The summed E-state index contributed by atoms with van der Waals surface area (Å²) >= 11 is 7.85. The van der Waals surface area contributed by atoms with Crippen LogP contribution < -0.4 is 5.32 Å². The van der Waals surface area contributed by atoms with Crippen LogP contribution in [0.4, 0.5) is 0 Å². The number of rotatable bonds is 3.